The van der Waals surface area contributed by atoms with Crippen molar-refractivity contribution in [2.75, 3.05) is 0 Å². The van der Waals surface area contributed by atoms with Crippen molar-refractivity contribution in [3.63, 3.8) is 0 Å². The highest BCUT2D eigenvalue weighted by atomic mass is 32.3. The number of nitrogens with zero attached hydrogens (tertiary/aromatic N) is 2. The Kier molecular flexibility index (Phi) is 5.58. The van der Waals surface area contributed by atoms with E-state index in [1.54, 1.807) is 6.23 Å². The van der Waals surface area contributed by atoms with E-state index in [1.165, 1.54) is 48.5 Å². The molecule has 0 amide bonds. The first-order valence-corrected chi connectivity index (χ1v) is 5.84. The molecule has 4 nitrogen and oxygen atoms in total. The Morgan fingerprint density at radius 3 is 1.40 bits per heavy atom. The summed E-state index contributed by atoms with van der Waals surface area (Å²) in [4.78, 5) is 0. The van der Waals surface area contributed by atoms with Crippen LogP contribution in [0.15, 0.2) is 0 Å². The number of thiol groups is 2. The summed E-state index contributed by atoms with van der Waals surface area (Å²) in [6.07, 6.45) is 0. The highest BCUT2D eigenvalue weighted by Gasteiger charge is 2.09. The standard InChI is InChI=1S/H4N4S6/c5-3-7-1-8-4(6)10-2-9-3/h1-2,5-6H. The van der Waals surface area contributed by atoms with E-state index in [2.05, 4.69) is 33.9 Å². The van der Waals surface area contributed by atoms with Crippen molar-refractivity contribution < 1.29 is 0 Å². The van der Waals surface area contributed by atoms with Crippen LogP contribution < -0.4 is 8.25 Å². The van der Waals surface area contributed by atoms with Crippen LogP contribution in [0.5, 0.6) is 0 Å². The van der Waals surface area contributed by atoms with Crippen LogP contribution in [0.1, 0.15) is 0 Å². The predicted octanol–water partition coefficient (Wildman–Crippen LogP) is 1.73. The second kappa shape index (κ2) is 5.56. The van der Waals surface area contributed by atoms with Crippen LogP contribution in [0.4, 0.5) is 0 Å². The zero-order valence-corrected chi connectivity index (χ0v) is 9.48. The number of nitrogens with one attached hydrogen (secondary N) is 2. The predicted molar refractivity (Wildman–Crippen MR) is 58.3 cm³/mol. The van der Waals surface area contributed by atoms with Crippen LogP contribution in [0.2, 0.25) is 0 Å². The molecule has 10 heavy (non-hydrogen) atoms. The van der Waals surface area contributed by atoms with Gasteiger partial charge >= 0.3 is 0 Å². The second-order valence-corrected chi connectivity index (χ2v) is 6.88. The second-order valence-electron chi connectivity index (χ2n) is 1.01. The average Bonchev–Trinajstić information content (AvgIpc) is 1.84. The lowest BCUT2D eigenvalue weighted by molar-refractivity contribution is 1.22. The topological polar surface area (TPSA) is 30.5 Å². The van der Waals surface area contributed by atoms with Crippen molar-refractivity contribution in [1.82, 2.24) is 14.5 Å². The zero-order valence-electron chi connectivity index (χ0n) is 4.42. The molecule has 0 spiro atoms. The third-order valence-electron chi connectivity index (χ3n) is 0.461. The SMILES string of the molecule is SN1SNSN(S)SNS1. The molecule has 1 heterocycles. The minimum absolute atomic E-state index is 1.36. The summed E-state index contributed by atoms with van der Waals surface area (Å²) in [7, 11) is 0. The maximum absolute atomic E-state index is 4.07. The number of hydrogen-bond acceptors (Lipinski definition) is 10. The van der Waals surface area contributed by atoms with Gasteiger partial charge in [0.2, 0.25) is 0 Å². The summed E-state index contributed by atoms with van der Waals surface area (Å²) in [5.74, 6) is 0. The highest BCUT2D eigenvalue weighted by molar-refractivity contribution is 8.32. The Balaban J connectivity index is 2.21. The van der Waals surface area contributed by atoms with E-state index in [-0.39, 0.29) is 0 Å². The Bertz CT molecular complexity index is 75.7. The minimum atomic E-state index is 1.36. The third kappa shape index (κ3) is 4.09. The lowest BCUT2D eigenvalue weighted by Crippen LogP contribution is -2.13. The van der Waals surface area contributed by atoms with Crippen molar-refractivity contribution >= 4 is 74.2 Å². The lowest BCUT2D eigenvalue weighted by Gasteiger charge is -2.19. The summed E-state index contributed by atoms with van der Waals surface area (Å²) < 4.78 is 9.18. The van der Waals surface area contributed by atoms with Crippen LogP contribution in [0.3, 0.4) is 0 Å². The van der Waals surface area contributed by atoms with Crippen LogP contribution in [0, 0.1) is 0 Å². The van der Waals surface area contributed by atoms with E-state index in [0.717, 1.165) is 0 Å². The lowest BCUT2D eigenvalue weighted by atomic mass is 13.8. The van der Waals surface area contributed by atoms with Gasteiger partial charge in [-0.25, -0.2) is 0 Å². The first kappa shape index (κ1) is 10.0. The smallest absolute Gasteiger partial charge is 0.0414 e. The fourth-order valence-electron chi connectivity index (χ4n) is 0.198. The Hall–Kier alpha value is 1.94. The van der Waals surface area contributed by atoms with Crippen molar-refractivity contribution in [3.8, 4) is 0 Å². The third-order valence-corrected chi connectivity index (χ3v) is 4.15. The molecule has 0 aromatic heterocycles. The molecule has 1 fully saturated rings. The maximum Gasteiger partial charge on any atom is 0.0414 e. The zero-order chi connectivity index (χ0) is 7.40. The molecule has 0 aliphatic carbocycles. The Labute approximate surface area is 88.1 Å². The first-order chi connectivity index (χ1) is 4.79. The Morgan fingerprint density at radius 1 is 0.800 bits per heavy atom. The normalized spacial score (nSPS) is 25.8. The van der Waals surface area contributed by atoms with Gasteiger partial charge in [-0.15, -0.1) is 6.23 Å². The molecule has 0 unspecified atom stereocenters. The van der Waals surface area contributed by atoms with Crippen LogP contribution in [-0.4, -0.2) is 6.23 Å². The van der Waals surface area contributed by atoms with E-state index < -0.39 is 0 Å². The minimum Gasteiger partial charge on any atom is -0.178 e. The van der Waals surface area contributed by atoms with Gasteiger partial charge < -0.3 is 0 Å². The van der Waals surface area contributed by atoms with E-state index in [9.17, 15) is 0 Å². The molecule has 0 bridgehead atoms. The number of rotatable bonds is 0. The van der Waals surface area contributed by atoms with E-state index in [1.807, 2.05) is 0 Å². The summed E-state index contributed by atoms with van der Waals surface area (Å²) in [5.41, 5.74) is 0. The van der Waals surface area contributed by atoms with Crippen LogP contribution in [0.25, 0.3) is 0 Å². The summed E-state index contributed by atoms with van der Waals surface area (Å²) in [6.45, 7) is 0. The van der Waals surface area contributed by atoms with Gasteiger partial charge in [-0.2, -0.15) is 8.25 Å². The van der Waals surface area contributed by atoms with Gasteiger partial charge in [0.15, 0.2) is 0 Å². The molecule has 0 aromatic rings. The molecule has 0 radical (unpaired) electrons. The largest absolute Gasteiger partial charge is 0.178 e. The number of hydrogen-bond donors (Lipinski definition) is 4. The van der Waals surface area contributed by atoms with Gasteiger partial charge in [0.25, 0.3) is 0 Å². The van der Waals surface area contributed by atoms with E-state index in [4.69, 9.17) is 0 Å². The summed E-state index contributed by atoms with van der Waals surface area (Å²) in [5, 5.41) is 0. The molecule has 0 aromatic carbocycles. The quantitative estimate of drug-likeness (QED) is 0.383. The average molecular weight is 252 g/mol. The van der Waals surface area contributed by atoms with Crippen molar-refractivity contribution in [1.29, 1.82) is 0 Å². The van der Waals surface area contributed by atoms with Gasteiger partial charge in [0, 0.05) is 48.5 Å². The highest BCUT2D eigenvalue weighted by Crippen LogP contribution is 2.31. The molecule has 1 rings (SSSR count). The van der Waals surface area contributed by atoms with Crippen LogP contribution in [-0.2, 0) is 0 Å². The fourth-order valence-corrected chi connectivity index (χ4v) is 4.08. The molecule has 10 heteroatoms. The molecular formula is H4N4S6. The molecule has 1 saturated heterocycles. The van der Waals surface area contributed by atoms with Gasteiger partial charge in [-0.1, -0.05) is 25.6 Å². The van der Waals surface area contributed by atoms with E-state index in [0.29, 0.717) is 0 Å². The molecule has 2 N–H and O–H groups in total. The van der Waals surface area contributed by atoms with Gasteiger partial charge in [-0.05, 0) is 0 Å². The van der Waals surface area contributed by atoms with Crippen molar-refractivity contribution in [3.05, 3.63) is 0 Å². The van der Waals surface area contributed by atoms with E-state index >= 15 is 0 Å². The maximum atomic E-state index is 4.07. The Morgan fingerprint density at radius 2 is 1.10 bits per heavy atom. The van der Waals surface area contributed by atoms with Gasteiger partial charge in [0.1, 0.15) is 0 Å². The first-order valence-electron chi connectivity index (χ1n) is 1.95. The molecular weight excluding hydrogens is 248 g/mol. The summed E-state index contributed by atoms with van der Waals surface area (Å²) >= 11 is 13.6. The van der Waals surface area contributed by atoms with Gasteiger partial charge in [-0.3, -0.25) is 0 Å². The monoisotopic (exact) mass is 252 g/mol. The molecule has 0 saturated carbocycles. The van der Waals surface area contributed by atoms with Crippen molar-refractivity contribution in [2.45, 2.75) is 0 Å². The van der Waals surface area contributed by atoms with Crippen LogP contribution >= 0.6 is 74.2 Å². The summed E-state index contributed by atoms with van der Waals surface area (Å²) in [6, 6.07) is 0. The molecule has 0 atom stereocenters. The fraction of sp³-hybridized carbons (Fsp3) is 0. The van der Waals surface area contributed by atoms with Gasteiger partial charge in [0.05, 0.1) is 0 Å². The molecule has 1 aliphatic heterocycles. The molecule has 60 valence electrons. The molecule has 1 aliphatic rings. The van der Waals surface area contributed by atoms with Crippen molar-refractivity contribution in [2.24, 2.45) is 0 Å².